The van der Waals surface area contributed by atoms with Gasteiger partial charge >= 0.3 is 0 Å². The molecular weight excluding hydrogens is 419 g/mol. The molecule has 0 atom stereocenters. The van der Waals surface area contributed by atoms with E-state index in [4.69, 9.17) is 23.2 Å². The van der Waals surface area contributed by atoms with Crippen LogP contribution in [0.4, 0.5) is 5.69 Å². The summed E-state index contributed by atoms with van der Waals surface area (Å²) < 4.78 is 2.24. The molecular formula is C23H24Cl2N4O. The van der Waals surface area contributed by atoms with Gasteiger partial charge < -0.3 is 9.88 Å². The van der Waals surface area contributed by atoms with Crippen LogP contribution in [0.25, 0.3) is 11.4 Å². The normalized spacial score (nSPS) is 15.3. The zero-order chi connectivity index (χ0) is 20.9. The smallest absolute Gasteiger partial charge is 0.238 e. The molecule has 7 heteroatoms. The van der Waals surface area contributed by atoms with Gasteiger partial charge in [-0.3, -0.25) is 9.69 Å². The molecule has 0 unspecified atom stereocenters. The van der Waals surface area contributed by atoms with Crippen molar-refractivity contribution in [2.75, 3.05) is 25.0 Å². The van der Waals surface area contributed by atoms with Gasteiger partial charge in [0.25, 0.3) is 0 Å². The molecule has 3 aromatic rings. The van der Waals surface area contributed by atoms with Crippen LogP contribution in [0.3, 0.4) is 0 Å². The lowest BCUT2D eigenvalue weighted by Gasteiger charge is -2.31. The maximum absolute atomic E-state index is 12.4. The molecule has 2 heterocycles. The zero-order valence-electron chi connectivity index (χ0n) is 16.6. The summed E-state index contributed by atoms with van der Waals surface area (Å²) in [6.45, 7) is 3.16. The molecule has 1 amide bonds. The monoisotopic (exact) mass is 442 g/mol. The lowest BCUT2D eigenvalue weighted by Crippen LogP contribution is -2.40. The van der Waals surface area contributed by atoms with Crippen molar-refractivity contribution in [3.63, 3.8) is 0 Å². The fourth-order valence-corrected chi connectivity index (χ4v) is 4.18. The average Bonchev–Trinajstić information content (AvgIpc) is 3.21. The molecule has 156 valence electrons. The van der Waals surface area contributed by atoms with Crippen LogP contribution in [-0.2, 0) is 11.3 Å². The molecule has 1 N–H and O–H groups in total. The van der Waals surface area contributed by atoms with Crippen LogP contribution < -0.4 is 5.32 Å². The standard InChI is InChI=1S/C23H24Cl2N4O/c24-20-7-6-19(14-21(20)25)27-22(30)16-28-11-8-17(9-12-28)15-29-13-10-26-23(29)18-4-2-1-3-5-18/h1-7,10,13-14,17H,8-9,11-12,15-16H2,(H,27,30). The third-order valence-corrected chi connectivity index (χ3v) is 6.22. The van der Waals surface area contributed by atoms with Crippen molar-refractivity contribution in [1.29, 1.82) is 0 Å². The first-order chi connectivity index (χ1) is 14.6. The molecule has 1 fully saturated rings. The minimum Gasteiger partial charge on any atom is -0.331 e. The summed E-state index contributed by atoms with van der Waals surface area (Å²) in [5, 5.41) is 3.81. The number of likely N-dealkylation sites (tertiary alicyclic amines) is 1. The minimum atomic E-state index is -0.0344. The van der Waals surface area contributed by atoms with Crippen molar-refractivity contribution in [1.82, 2.24) is 14.5 Å². The lowest BCUT2D eigenvalue weighted by atomic mass is 9.96. The topological polar surface area (TPSA) is 50.2 Å². The van der Waals surface area contributed by atoms with E-state index in [9.17, 15) is 4.79 Å². The fourth-order valence-electron chi connectivity index (χ4n) is 3.89. The number of carbonyl (C=O) groups excluding carboxylic acids is 1. The lowest BCUT2D eigenvalue weighted by molar-refractivity contribution is -0.117. The number of amides is 1. The second-order valence-electron chi connectivity index (χ2n) is 7.67. The number of nitrogens with zero attached hydrogens (tertiary/aromatic N) is 3. The van der Waals surface area contributed by atoms with Gasteiger partial charge in [-0.25, -0.2) is 4.98 Å². The van der Waals surface area contributed by atoms with Gasteiger partial charge in [-0.15, -0.1) is 0 Å². The number of hydrogen-bond donors (Lipinski definition) is 1. The van der Waals surface area contributed by atoms with Gasteiger partial charge in [0, 0.05) is 30.2 Å². The van der Waals surface area contributed by atoms with Crippen molar-refractivity contribution >= 4 is 34.8 Å². The van der Waals surface area contributed by atoms with E-state index in [1.54, 1.807) is 18.2 Å². The number of piperidine rings is 1. The Morgan fingerprint density at radius 3 is 2.57 bits per heavy atom. The number of imidazole rings is 1. The Labute approximate surface area is 186 Å². The number of anilines is 1. The Hall–Kier alpha value is -2.34. The molecule has 1 saturated heterocycles. The Morgan fingerprint density at radius 2 is 1.83 bits per heavy atom. The zero-order valence-corrected chi connectivity index (χ0v) is 18.1. The molecule has 30 heavy (non-hydrogen) atoms. The number of benzene rings is 2. The number of nitrogens with one attached hydrogen (secondary N) is 1. The van der Waals surface area contributed by atoms with Crippen LogP contribution in [0.15, 0.2) is 60.9 Å². The van der Waals surface area contributed by atoms with E-state index in [0.717, 1.165) is 43.9 Å². The van der Waals surface area contributed by atoms with Crippen molar-refractivity contribution in [2.24, 2.45) is 5.92 Å². The molecule has 1 aromatic heterocycles. The van der Waals surface area contributed by atoms with Crippen LogP contribution >= 0.6 is 23.2 Å². The number of hydrogen-bond acceptors (Lipinski definition) is 3. The predicted octanol–water partition coefficient (Wildman–Crippen LogP) is 5.21. The molecule has 0 bridgehead atoms. The second-order valence-corrected chi connectivity index (χ2v) is 8.48. The maximum Gasteiger partial charge on any atom is 0.238 e. The molecule has 0 spiro atoms. The van der Waals surface area contributed by atoms with Gasteiger partial charge in [-0.1, -0.05) is 53.5 Å². The largest absolute Gasteiger partial charge is 0.331 e. The fraction of sp³-hybridized carbons (Fsp3) is 0.304. The predicted molar refractivity (Wildman–Crippen MR) is 122 cm³/mol. The molecule has 0 radical (unpaired) electrons. The van der Waals surface area contributed by atoms with Crippen LogP contribution in [0.5, 0.6) is 0 Å². The van der Waals surface area contributed by atoms with Crippen molar-refractivity contribution in [2.45, 2.75) is 19.4 Å². The Bertz CT molecular complexity index is 997. The number of halogens is 2. The molecule has 1 aliphatic rings. The van der Waals surface area contributed by atoms with E-state index in [2.05, 4.69) is 38.1 Å². The highest BCUT2D eigenvalue weighted by Gasteiger charge is 2.22. The number of rotatable bonds is 6. The maximum atomic E-state index is 12.4. The van der Waals surface area contributed by atoms with Crippen LogP contribution in [0, 0.1) is 5.92 Å². The van der Waals surface area contributed by atoms with Crippen LogP contribution in [0.1, 0.15) is 12.8 Å². The molecule has 2 aromatic carbocycles. The van der Waals surface area contributed by atoms with Crippen LogP contribution in [-0.4, -0.2) is 40.0 Å². The van der Waals surface area contributed by atoms with Gasteiger partial charge in [0.05, 0.1) is 16.6 Å². The highest BCUT2D eigenvalue weighted by molar-refractivity contribution is 6.42. The van der Waals surface area contributed by atoms with Gasteiger partial charge in [0.15, 0.2) is 0 Å². The summed E-state index contributed by atoms with van der Waals surface area (Å²) in [5.74, 6) is 1.56. The molecule has 5 nitrogen and oxygen atoms in total. The first-order valence-electron chi connectivity index (χ1n) is 10.1. The highest BCUT2D eigenvalue weighted by atomic mass is 35.5. The van der Waals surface area contributed by atoms with Crippen molar-refractivity contribution in [3.05, 3.63) is 71.0 Å². The quantitative estimate of drug-likeness (QED) is 0.569. The number of aromatic nitrogens is 2. The molecule has 4 rings (SSSR count). The third-order valence-electron chi connectivity index (χ3n) is 5.48. The summed E-state index contributed by atoms with van der Waals surface area (Å²) in [7, 11) is 0. The molecule has 0 aliphatic carbocycles. The van der Waals surface area contributed by atoms with Gasteiger partial charge in [0.1, 0.15) is 5.82 Å². The average molecular weight is 443 g/mol. The van der Waals surface area contributed by atoms with E-state index in [1.807, 2.05) is 24.4 Å². The molecule has 1 aliphatic heterocycles. The van der Waals surface area contributed by atoms with E-state index >= 15 is 0 Å². The second kappa shape index (κ2) is 9.65. The van der Waals surface area contributed by atoms with E-state index in [-0.39, 0.29) is 5.91 Å². The third kappa shape index (κ3) is 5.22. The molecule has 0 saturated carbocycles. The van der Waals surface area contributed by atoms with Crippen LogP contribution in [0.2, 0.25) is 10.0 Å². The summed E-state index contributed by atoms with van der Waals surface area (Å²) in [4.78, 5) is 19.1. The summed E-state index contributed by atoms with van der Waals surface area (Å²) in [6, 6.07) is 15.4. The number of carbonyl (C=O) groups is 1. The summed E-state index contributed by atoms with van der Waals surface area (Å²) in [6.07, 6.45) is 6.04. The van der Waals surface area contributed by atoms with Gasteiger partial charge in [0.2, 0.25) is 5.91 Å². The Morgan fingerprint density at radius 1 is 1.07 bits per heavy atom. The summed E-state index contributed by atoms with van der Waals surface area (Å²) in [5.41, 5.74) is 1.80. The minimum absolute atomic E-state index is 0.0344. The first-order valence-corrected chi connectivity index (χ1v) is 10.9. The first kappa shape index (κ1) is 20.9. The Kier molecular flexibility index (Phi) is 6.72. The van der Waals surface area contributed by atoms with Crippen molar-refractivity contribution < 1.29 is 4.79 Å². The highest BCUT2D eigenvalue weighted by Crippen LogP contribution is 2.26. The van der Waals surface area contributed by atoms with E-state index < -0.39 is 0 Å². The van der Waals surface area contributed by atoms with Gasteiger partial charge in [-0.2, -0.15) is 0 Å². The van der Waals surface area contributed by atoms with E-state index in [0.29, 0.717) is 28.2 Å². The SMILES string of the molecule is O=C(CN1CCC(Cn2ccnc2-c2ccccc2)CC1)Nc1ccc(Cl)c(Cl)c1. The van der Waals surface area contributed by atoms with E-state index in [1.165, 1.54) is 0 Å². The summed E-state index contributed by atoms with van der Waals surface area (Å²) >= 11 is 11.9. The van der Waals surface area contributed by atoms with Gasteiger partial charge in [-0.05, 0) is 50.0 Å². The van der Waals surface area contributed by atoms with Crippen molar-refractivity contribution in [3.8, 4) is 11.4 Å². The Balaban J connectivity index is 1.27.